The number of ether oxygens (including phenoxy) is 2. The van der Waals surface area contributed by atoms with E-state index in [0.717, 1.165) is 5.75 Å². The van der Waals surface area contributed by atoms with Crippen LogP contribution in [0.2, 0.25) is 0 Å². The third-order valence-electron chi connectivity index (χ3n) is 2.90. The molecule has 16 heavy (non-hydrogen) atoms. The van der Waals surface area contributed by atoms with Crippen molar-refractivity contribution in [3.05, 3.63) is 34.9 Å². The average molecular weight is 218 g/mol. The number of hydrogen-bond acceptors (Lipinski definition) is 2. The fourth-order valence-corrected chi connectivity index (χ4v) is 1.81. The molecule has 0 atom stereocenters. The van der Waals surface area contributed by atoms with Crippen LogP contribution in [0.5, 0.6) is 5.75 Å². The summed E-state index contributed by atoms with van der Waals surface area (Å²) in [5.41, 5.74) is 5.33. The summed E-state index contributed by atoms with van der Waals surface area (Å²) in [6, 6.07) is 6.34. The second-order valence-corrected chi connectivity index (χ2v) is 4.28. The average Bonchev–Trinajstić information content (AvgIpc) is 3.09. The van der Waals surface area contributed by atoms with Crippen molar-refractivity contribution in [2.45, 2.75) is 26.7 Å². The van der Waals surface area contributed by atoms with E-state index < -0.39 is 0 Å². The molecule has 2 rings (SSSR count). The lowest BCUT2D eigenvalue weighted by Crippen LogP contribution is -2.01. The molecule has 86 valence electrons. The first kappa shape index (κ1) is 11.2. The predicted molar refractivity (Wildman–Crippen MR) is 65.5 cm³/mol. The van der Waals surface area contributed by atoms with Crippen molar-refractivity contribution in [1.82, 2.24) is 0 Å². The van der Waals surface area contributed by atoms with Gasteiger partial charge in [-0.15, -0.1) is 0 Å². The van der Waals surface area contributed by atoms with Gasteiger partial charge in [0.05, 0.1) is 0 Å². The molecule has 0 saturated heterocycles. The number of methoxy groups -OCH3 is 1. The summed E-state index contributed by atoms with van der Waals surface area (Å²) >= 11 is 0. The normalized spacial score (nSPS) is 13.8. The zero-order valence-electron chi connectivity index (χ0n) is 10.2. The third-order valence-corrected chi connectivity index (χ3v) is 2.90. The van der Waals surface area contributed by atoms with Gasteiger partial charge in [-0.3, -0.25) is 0 Å². The first-order valence-electron chi connectivity index (χ1n) is 5.63. The van der Waals surface area contributed by atoms with Crippen LogP contribution in [0.4, 0.5) is 0 Å². The van der Waals surface area contributed by atoms with Gasteiger partial charge in [0.2, 0.25) is 0 Å². The highest BCUT2D eigenvalue weighted by Gasteiger charge is 2.18. The Bertz CT molecular complexity index is 413. The van der Waals surface area contributed by atoms with Crippen LogP contribution < -0.4 is 4.74 Å². The Morgan fingerprint density at radius 1 is 1.31 bits per heavy atom. The maximum atomic E-state index is 5.61. The Morgan fingerprint density at radius 2 is 2.06 bits per heavy atom. The smallest absolute Gasteiger partial charge is 0.188 e. The van der Waals surface area contributed by atoms with Crippen molar-refractivity contribution in [2.24, 2.45) is 0 Å². The Morgan fingerprint density at radius 3 is 2.69 bits per heavy atom. The fourth-order valence-electron chi connectivity index (χ4n) is 1.81. The molecule has 0 N–H and O–H groups in total. The molecule has 1 saturated carbocycles. The minimum atomic E-state index is 0.305. The van der Waals surface area contributed by atoms with Gasteiger partial charge in [0.25, 0.3) is 0 Å². The predicted octanol–water partition coefficient (Wildman–Crippen LogP) is 3.55. The molecule has 2 nitrogen and oxygen atoms in total. The van der Waals surface area contributed by atoms with Crippen LogP contribution in [-0.4, -0.2) is 13.9 Å². The fraction of sp³-hybridized carbons (Fsp3) is 0.429. The summed E-state index contributed by atoms with van der Waals surface area (Å²) in [4.78, 5) is 0. The van der Waals surface area contributed by atoms with Gasteiger partial charge in [0.15, 0.2) is 6.79 Å². The molecule has 1 fully saturated rings. The van der Waals surface area contributed by atoms with Crippen molar-refractivity contribution in [2.75, 3.05) is 13.9 Å². The van der Waals surface area contributed by atoms with E-state index in [9.17, 15) is 0 Å². The van der Waals surface area contributed by atoms with E-state index in [1.54, 1.807) is 12.7 Å². The summed E-state index contributed by atoms with van der Waals surface area (Å²) in [5.74, 6) is 0.929. The minimum absolute atomic E-state index is 0.305. The molecule has 0 bridgehead atoms. The molecule has 2 heteroatoms. The number of hydrogen-bond donors (Lipinski definition) is 0. The Hall–Kier alpha value is -1.28. The van der Waals surface area contributed by atoms with E-state index in [-0.39, 0.29) is 0 Å². The minimum Gasteiger partial charge on any atom is -0.467 e. The molecule has 0 amide bonds. The zero-order chi connectivity index (χ0) is 11.5. The van der Waals surface area contributed by atoms with Crippen molar-refractivity contribution in [3.8, 4) is 5.75 Å². The molecular weight excluding hydrogens is 200 g/mol. The van der Waals surface area contributed by atoms with Gasteiger partial charge in [-0.05, 0) is 43.9 Å². The zero-order valence-corrected chi connectivity index (χ0v) is 10.2. The molecule has 0 spiro atoms. The highest BCUT2D eigenvalue weighted by atomic mass is 16.7. The number of rotatable bonds is 4. The second kappa shape index (κ2) is 4.71. The molecule has 1 aromatic carbocycles. The van der Waals surface area contributed by atoms with Crippen molar-refractivity contribution in [1.29, 1.82) is 0 Å². The highest BCUT2D eigenvalue weighted by Crippen LogP contribution is 2.39. The van der Waals surface area contributed by atoms with Crippen LogP contribution in [0.15, 0.2) is 23.8 Å². The maximum absolute atomic E-state index is 5.61. The quantitative estimate of drug-likeness (QED) is 0.719. The lowest BCUT2D eigenvalue weighted by atomic mass is 10.0. The molecule has 0 radical (unpaired) electrons. The van der Waals surface area contributed by atoms with Crippen molar-refractivity contribution >= 4 is 5.57 Å². The highest BCUT2D eigenvalue weighted by molar-refractivity contribution is 5.74. The number of allylic oxidation sites excluding steroid dienone is 2. The van der Waals surface area contributed by atoms with Crippen LogP contribution >= 0.6 is 0 Å². The SMILES string of the molecule is COCOc1cc(C)ccc1C(C)=C1CC1. The van der Waals surface area contributed by atoms with Gasteiger partial charge in [0.1, 0.15) is 5.75 Å². The van der Waals surface area contributed by atoms with Crippen LogP contribution in [-0.2, 0) is 4.74 Å². The Kier molecular flexibility index (Phi) is 3.30. The summed E-state index contributed by atoms with van der Waals surface area (Å²) < 4.78 is 10.6. The molecule has 0 aliphatic heterocycles. The van der Waals surface area contributed by atoms with E-state index in [0.29, 0.717) is 6.79 Å². The molecule has 0 unspecified atom stereocenters. The molecule has 1 aliphatic rings. The molecule has 1 aliphatic carbocycles. The molecule has 0 heterocycles. The topological polar surface area (TPSA) is 18.5 Å². The van der Waals surface area contributed by atoms with E-state index in [2.05, 4.69) is 32.0 Å². The number of benzene rings is 1. The first-order chi connectivity index (χ1) is 7.72. The monoisotopic (exact) mass is 218 g/mol. The third kappa shape index (κ3) is 2.45. The van der Waals surface area contributed by atoms with E-state index in [1.807, 2.05) is 0 Å². The lowest BCUT2D eigenvalue weighted by molar-refractivity contribution is 0.0509. The standard InChI is InChI=1S/C14H18O2/c1-10-4-7-13(11(2)12-5-6-12)14(8-10)16-9-15-3/h4,7-8H,5-6,9H2,1-3H3. The summed E-state index contributed by atoms with van der Waals surface area (Å²) in [6.07, 6.45) is 2.48. The molecular formula is C14H18O2. The van der Waals surface area contributed by atoms with Gasteiger partial charge < -0.3 is 9.47 Å². The molecule has 1 aromatic rings. The lowest BCUT2D eigenvalue weighted by Gasteiger charge is -2.12. The van der Waals surface area contributed by atoms with Crippen LogP contribution in [0, 0.1) is 6.92 Å². The van der Waals surface area contributed by atoms with E-state index in [1.165, 1.54) is 29.5 Å². The summed E-state index contributed by atoms with van der Waals surface area (Å²) in [6.45, 7) is 4.55. The van der Waals surface area contributed by atoms with Crippen LogP contribution in [0.3, 0.4) is 0 Å². The van der Waals surface area contributed by atoms with Crippen LogP contribution in [0.25, 0.3) is 5.57 Å². The van der Waals surface area contributed by atoms with Gasteiger partial charge in [-0.1, -0.05) is 17.7 Å². The largest absolute Gasteiger partial charge is 0.467 e. The molecule has 0 aromatic heterocycles. The Balaban J connectivity index is 2.32. The van der Waals surface area contributed by atoms with Gasteiger partial charge in [0, 0.05) is 12.7 Å². The van der Waals surface area contributed by atoms with Crippen LogP contribution in [0.1, 0.15) is 30.9 Å². The van der Waals surface area contributed by atoms with Gasteiger partial charge in [-0.2, -0.15) is 0 Å². The Labute approximate surface area is 96.9 Å². The van der Waals surface area contributed by atoms with Crippen molar-refractivity contribution in [3.63, 3.8) is 0 Å². The van der Waals surface area contributed by atoms with Crippen molar-refractivity contribution < 1.29 is 9.47 Å². The first-order valence-corrected chi connectivity index (χ1v) is 5.63. The maximum Gasteiger partial charge on any atom is 0.188 e. The van der Waals surface area contributed by atoms with E-state index >= 15 is 0 Å². The summed E-state index contributed by atoms with van der Waals surface area (Å²) in [7, 11) is 1.64. The van der Waals surface area contributed by atoms with Gasteiger partial charge in [-0.25, -0.2) is 0 Å². The second-order valence-electron chi connectivity index (χ2n) is 4.28. The number of aryl methyl sites for hydroxylation is 1. The van der Waals surface area contributed by atoms with E-state index in [4.69, 9.17) is 9.47 Å². The summed E-state index contributed by atoms with van der Waals surface area (Å²) in [5, 5.41) is 0. The van der Waals surface area contributed by atoms with Gasteiger partial charge >= 0.3 is 0 Å².